The standard InChI is InChI=1S/C32H50O14/c1-13-21(34)23(36)25(38)29(42-13)46-26-24(37)22(35)18(12-33)44-30(26)45-20-7-9-32(4)16-11-17(15-8-10-41-27(15)39)43-28(40)14(16)5-6-19(32)31(20,2)3/h8,13-14,16-26,28-30,33-38,40H,5-7,9-12H2,1-4H3/t13-,14+,16?,17-,18+,19?,20-,21-,22+,23+,24-,25+,26+,28+,29-,30-,32+/m0/s1. The highest BCUT2D eigenvalue weighted by atomic mass is 16.8. The number of fused-ring (bicyclic) bond motifs is 3. The van der Waals surface area contributed by atoms with E-state index in [-0.39, 0.29) is 29.8 Å². The molecule has 14 nitrogen and oxygen atoms in total. The van der Waals surface area contributed by atoms with E-state index in [1.807, 2.05) is 0 Å². The van der Waals surface area contributed by atoms with Crippen LogP contribution in [0.5, 0.6) is 0 Å². The normalized spacial score (nSPS) is 52.3. The quantitative estimate of drug-likeness (QED) is 0.136. The predicted octanol–water partition coefficient (Wildman–Crippen LogP) is -0.917. The van der Waals surface area contributed by atoms with Crippen LogP contribution >= 0.6 is 0 Å². The van der Waals surface area contributed by atoms with E-state index in [4.69, 9.17) is 28.4 Å². The van der Waals surface area contributed by atoms with E-state index < -0.39 is 97.9 Å². The van der Waals surface area contributed by atoms with E-state index in [0.717, 1.165) is 19.3 Å². The third kappa shape index (κ3) is 5.75. The molecule has 6 aliphatic rings. The maximum Gasteiger partial charge on any atom is 0.336 e. The molecule has 6 rings (SSSR count). The number of cyclic esters (lactones) is 1. The van der Waals surface area contributed by atoms with Crippen LogP contribution < -0.4 is 0 Å². The molecule has 0 amide bonds. The van der Waals surface area contributed by atoms with Gasteiger partial charge in [0, 0.05) is 5.92 Å². The van der Waals surface area contributed by atoms with E-state index >= 15 is 0 Å². The molecule has 3 saturated heterocycles. The zero-order valence-corrected chi connectivity index (χ0v) is 26.8. The van der Waals surface area contributed by atoms with Crippen molar-refractivity contribution in [3.05, 3.63) is 11.6 Å². The van der Waals surface area contributed by atoms with Crippen molar-refractivity contribution < 1.29 is 69.0 Å². The third-order valence-electron chi connectivity index (χ3n) is 12.1. The number of carbonyl (C=O) groups is 1. The summed E-state index contributed by atoms with van der Waals surface area (Å²) >= 11 is 0. The van der Waals surface area contributed by atoms with Gasteiger partial charge in [0.15, 0.2) is 18.9 Å². The lowest BCUT2D eigenvalue weighted by Crippen LogP contribution is -2.65. The van der Waals surface area contributed by atoms with E-state index in [9.17, 15) is 40.5 Å². The summed E-state index contributed by atoms with van der Waals surface area (Å²) in [6.07, 6.45) is -10.8. The van der Waals surface area contributed by atoms with Crippen molar-refractivity contribution in [3.8, 4) is 0 Å². The number of aliphatic hydroxyl groups is 7. The minimum atomic E-state index is -1.66. The van der Waals surface area contributed by atoms with Crippen molar-refractivity contribution >= 4 is 5.97 Å². The van der Waals surface area contributed by atoms with Crippen LogP contribution in [0.25, 0.3) is 0 Å². The van der Waals surface area contributed by atoms with E-state index in [1.165, 1.54) is 6.92 Å². The van der Waals surface area contributed by atoms with Gasteiger partial charge in [0.25, 0.3) is 0 Å². The summed E-state index contributed by atoms with van der Waals surface area (Å²) in [5.74, 6) is -0.289. The van der Waals surface area contributed by atoms with Crippen LogP contribution in [0, 0.1) is 28.6 Å². The number of aliphatic hydroxyl groups excluding tert-OH is 7. The fourth-order valence-electron chi connectivity index (χ4n) is 9.43. The van der Waals surface area contributed by atoms with E-state index in [2.05, 4.69) is 20.8 Å². The topological polar surface area (TPSA) is 214 Å². The lowest BCUT2D eigenvalue weighted by molar-refractivity contribution is -0.376. The summed E-state index contributed by atoms with van der Waals surface area (Å²) in [4.78, 5) is 12.4. The van der Waals surface area contributed by atoms with Crippen LogP contribution in [0.3, 0.4) is 0 Å². The fourth-order valence-corrected chi connectivity index (χ4v) is 9.43. The summed E-state index contributed by atoms with van der Waals surface area (Å²) in [5.41, 5.74) is -0.220. The monoisotopic (exact) mass is 658 g/mol. The molecule has 17 atom stereocenters. The first kappa shape index (κ1) is 34.6. The Balaban J connectivity index is 1.22. The largest absolute Gasteiger partial charge is 0.458 e. The summed E-state index contributed by atoms with van der Waals surface area (Å²) in [6.45, 7) is 7.59. The second-order valence-electron chi connectivity index (χ2n) is 14.9. The van der Waals surface area contributed by atoms with E-state index in [1.54, 1.807) is 6.08 Å². The van der Waals surface area contributed by atoms with Crippen molar-refractivity contribution in [2.75, 3.05) is 13.2 Å². The molecular formula is C32H50O14. The van der Waals surface area contributed by atoms with Gasteiger partial charge in [-0.2, -0.15) is 0 Å². The minimum absolute atomic E-state index is 0.0704. The highest BCUT2D eigenvalue weighted by Crippen LogP contribution is 2.64. The molecule has 0 aromatic rings. The Hall–Kier alpha value is -1.27. The van der Waals surface area contributed by atoms with Gasteiger partial charge in [-0.25, -0.2) is 4.79 Å². The number of carbonyl (C=O) groups excluding carboxylic acids is 1. The zero-order chi connectivity index (χ0) is 33.3. The minimum Gasteiger partial charge on any atom is -0.458 e. The first-order valence-corrected chi connectivity index (χ1v) is 16.5. The van der Waals surface area contributed by atoms with Crippen LogP contribution in [-0.4, -0.2) is 135 Å². The summed E-state index contributed by atoms with van der Waals surface area (Å²) < 4.78 is 35.2. The predicted molar refractivity (Wildman–Crippen MR) is 155 cm³/mol. The van der Waals surface area contributed by atoms with Crippen LogP contribution in [0.4, 0.5) is 0 Å². The first-order chi connectivity index (χ1) is 21.7. The van der Waals surface area contributed by atoms with Gasteiger partial charge in [-0.05, 0) is 67.8 Å². The van der Waals surface area contributed by atoms with Crippen molar-refractivity contribution in [1.82, 2.24) is 0 Å². The van der Waals surface area contributed by atoms with Gasteiger partial charge in [0.1, 0.15) is 49.3 Å². The average molecular weight is 659 g/mol. The first-order valence-electron chi connectivity index (χ1n) is 16.5. The molecule has 14 heteroatoms. The second-order valence-corrected chi connectivity index (χ2v) is 14.9. The van der Waals surface area contributed by atoms with Crippen LogP contribution in [0.1, 0.15) is 59.8 Å². The lowest BCUT2D eigenvalue weighted by Gasteiger charge is -2.63. The van der Waals surface area contributed by atoms with Crippen LogP contribution in [-0.2, 0) is 33.2 Å². The Kier molecular flexibility index (Phi) is 9.69. The number of hydrogen-bond acceptors (Lipinski definition) is 14. The maximum atomic E-state index is 12.4. The number of rotatable bonds is 6. The van der Waals surface area contributed by atoms with Gasteiger partial charge < -0.3 is 64.2 Å². The highest BCUT2D eigenvalue weighted by molar-refractivity contribution is 5.91. The molecule has 0 radical (unpaired) electrons. The van der Waals surface area contributed by atoms with Crippen molar-refractivity contribution in [1.29, 1.82) is 0 Å². The molecule has 262 valence electrons. The third-order valence-corrected chi connectivity index (χ3v) is 12.1. The smallest absolute Gasteiger partial charge is 0.336 e. The van der Waals surface area contributed by atoms with Crippen molar-refractivity contribution in [2.24, 2.45) is 28.6 Å². The van der Waals surface area contributed by atoms with Crippen LogP contribution in [0.15, 0.2) is 11.6 Å². The number of ether oxygens (including phenoxy) is 6. The molecule has 4 heterocycles. The van der Waals surface area contributed by atoms with Crippen molar-refractivity contribution in [3.63, 3.8) is 0 Å². The highest BCUT2D eigenvalue weighted by Gasteiger charge is 2.62. The molecule has 0 aromatic heterocycles. The fraction of sp³-hybridized carbons (Fsp3) is 0.906. The maximum absolute atomic E-state index is 12.4. The Morgan fingerprint density at radius 3 is 2.28 bits per heavy atom. The Labute approximate surface area is 268 Å². The van der Waals surface area contributed by atoms with Gasteiger partial charge in [-0.15, -0.1) is 0 Å². The van der Waals surface area contributed by atoms with Crippen LogP contribution in [0.2, 0.25) is 0 Å². The Morgan fingerprint density at radius 1 is 0.870 bits per heavy atom. The molecule has 2 unspecified atom stereocenters. The van der Waals surface area contributed by atoms with Gasteiger partial charge in [-0.1, -0.05) is 20.8 Å². The average Bonchev–Trinajstić information content (AvgIpc) is 3.45. The molecule has 0 aromatic carbocycles. The summed E-state index contributed by atoms with van der Waals surface area (Å²) in [5, 5.41) is 73.8. The number of hydrogen-bond donors (Lipinski definition) is 7. The zero-order valence-electron chi connectivity index (χ0n) is 26.8. The molecule has 46 heavy (non-hydrogen) atoms. The van der Waals surface area contributed by atoms with Gasteiger partial charge >= 0.3 is 5.97 Å². The summed E-state index contributed by atoms with van der Waals surface area (Å²) in [7, 11) is 0. The second kappa shape index (κ2) is 12.9. The van der Waals surface area contributed by atoms with Gasteiger partial charge in [0.05, 0.1) is 30.5 Å². The lowest BCUT2D eigenvalue weighted by atomic mass is 9.44. The molecule has 2 aliphatic carbocycles. The Morgan fingerprint density at radius 2 is 1.61 bits per heavy atom. The van der Waals surface area contributed by atoms with E-state index in [0.29, 0.717) is 18.4 Å². The van der Waals surface area contributed by atoms with Gasteiger partial charge in [0.2, 0.25) is 0 Å². The molecule has 5 fully saturated rings. The Bertz CT molecular complexity index is 1150. The molecule has 0 spiro atoms. The molecule has 2 saturated carbocycles. The van der Waals surface area contributed by atoms with Crippen molar-refractivity contribution in [2.45, 2.75) is 140 Å². The number of esters is 1. The molecule has 4 aliphatic heterocycles. The van der Waals surface area contributed by atoms with Gasteiger partial charge in [-0.3, -0.25) is 0 Å². The summed E-state index contributed by atoms with van der Waals surface area (Å²) in [6, 6.07) is 0. The molecule has 0 bridgehead atoms. The molecular weight excluding hydrogens is 608 g/mol. The SMILES string of the molecule is C[C@@H]1O[C@@H](O[C@H]2[C@H](O[C@H]3CC[C@]4(C)C5C[C@@H](C6=CCOC6=O)O[C@@H](O)[C@@H]5CCC4C3(C)C)O[C@H](CO)[C@@H](O)[C@@H]2O)[C@H](O)[C@H](O)[C@H]1O. The molecule has 7 N–H and O–H groups in total.